The summed E-state index contributed by atoms with van der Waals surface area (Å²) in [5.74, 6) is -0.839. The molecule has 0 bridgehead atoms. The van der Waals surface area contributed by atoms with Gasteiger partial charge in [-0.1, -0.05) is 54.4 Å². The van der Waals surface area contributed by atoms with E-state index in [9.17, 15) is 18.0 Å². The van der Waals surface area contributed by atoms with E-state index in [0.29, 0.717) is 6.54 Å². The largest absolute Gasteiger partial charge is 0.354 e. The van der Waals surface area contributed by atoms with Gasteiger partial charge >= 0.3 is 0 Å². The number of hydrogen-bond acceptors (Lipinski definition) is 4. The van der Waals surface area contributed by atoms with Gasteiger partial charge in [-0.15, -0.1) is 0 Å². The molecule has 2 aromatic carbocycles. The van der Waals surface area contributed by atoms with Crippen molar-refractivity contribution >= 4 is 50.7 Å². The maximum atomic E-state index is 13.5. The average Bonchev–Trinajstić information content (AvgIpc) is 2.73. The minimum atomic E-state index is -3.85. The Bertz CT molecular complexity index is 1090. The van der Waals surface area contributed by atoms with Crippen LogP contribution in [0.1, 0.15) is 31.4 Å². The standard InChI is InChI=1S/C23H29Cl2N3O4S/c1-5-10-26-23(30)17(3)27(14-18-9-7-6-8-16(18)2)22(29)15-28(33(4,31)32)21-12-19(24)11-20(25)13-21/h6-9,11-13,17H,5,10,14-15H2,1-4H3,(H,26,30)/t17-/m1/s1. The number of nitrogens with one attached hydrogen (secondary N) is 1. The van der Waals surface area contributed by atoms with Crippen molar-refractivity contribution in [3.63, 3.8) is 0 Å². The van der Waals surface area contributed by atoms with Crippen molar-refractivity contribution in [2.24, 2.45) is 0 Å². The molecule has 2 aromatic rings. The molecule has 0 aliphatic rings. The molecule has 0 saturated carbocycles. The predicted molar refractivity (Wildman–Crippen MR) is 133 cm³/mol. The van der Waals surface area contributed by atoms with Crippen molar-refractivity contribution in [1.29, 1.82) is 0 Å². The molecule has 1 N–H and O–H groups in total. The number of carbonyl (C=O) groups excluding carboxylic acids is 2. The maximum absolute atomic E-state index is 13.5. The number of benzene rings is 2. The number of sulfonamides is 1. The van der Waals surface area contributed by atoms with E-state index in [1.165, 1.54) is 23.1 Å². The lowest BCUT2D eigenvalue weighted by molar-refractivity contribution is -0.139. The van der Waals surface area contributed by atoms with Crippen LogP contribution >= 0.6 is 23.2 Å². The lowest BCUT2D eigenvalue weighted by Gasteiger charge is -2.32. The molecular formula is C23H29Cl2N3O4S. The Kier molecular flexibility index (Phi) is 9.57. The normalized spacial score (nSPS) is 12.2. The molecule has 10 heteroatoms. The molecule has 1 atom stereocenters. The second-order valence-corrected chi connectivity index (χ2v) is 10.6. The Morgan fingerprint density at radius 1 is 1.09 bits per heavy atom. The quantitative estimate of drug-likeness (QED) is 0.519. The third kappa shape index (κ3) is 7.62. The second-order valence-electron chi connectivity index (χ2n) is 7.81. The van der Waals surface area contributed by atoms with Gasteiger partial charge < -0.3 is 10.2 Å². The molecule has 0 unspecified atom stereocenters. The Labute approximate surface area is 205 Å². The van der Waals surface area contributed by atoms with Gasteiger partial charge in [0.1, 0.15) is 12.6 Å². The van der Waals surface area contributed by atoms with E-state index in [2.05, 4.69) is 5.32 Å². The molecule has 0 fully saturated rings. The van der Waals surface area contributed by atoms with E-state index < -0.39 is 28.5 Å². The predicted octanol–water partition coefficient (Wildman–Crippen LogP) is 4.01. The van der Waals surface area contributed by atoms with Gasteiger partial charge in [-0.05, 0) is 49.6 Å². The Morgan fingerprint density at radius 2 is 1.70 bits per heavy atom. The van der Waals surface area contributed by atoms with Gasteiger partial charge in [-0.2, -0.15) is 0 Å². The molecule has 7 nitrogen and oxygen atoms in total. The van der Waals surface area contributed by atoms with E-state index in [0.717, 1.165) is 28.1 Å². The van der Waals surface area contributed by atoms with Gasteiger partial charge in [0.25, 0.3) is 0 Å². The van der Waals surface area contributed by atoms with Crippen molar-refractivity contribution in [2.75, 3.05) is 23.7 Å². The fraction of sp³-hybridized carbons (Fsp3) is 0.391. The van der Waals surface area contributed by atoms with Crippen LogP contribution in [-0.2, 0) is 26.2 Å². The minimum Gasteiger partial charge on any atom is -0.354 e. The average molecular weight is 514 g/mol. The van der Waals surface area contributed by atoms with Crippen molar-refractivity contribution in [1.82, 2.24) is 10.2 Å². The minimum absolute atomic E-state index is 0.153. The lowest BCUT2D eigenvalue weighted by Crippen LogP contribution is -2.51. The van der Waals surface area contributed by atoms with Gasteiger partial charge in [0.05, 0.1) is 11.9 Å². The first-order chi connectivity index (χ1) is 15.4. The van der Waals surface area contributed by atoms with Crippen LogP contribution in [0.5, 0.6) is 0 Å². The highest BCUT2D eigenvalue weighted by atomic mass is 35.5. The maximum Gasteiger partial charge on any atom is 0.244 e. The van der Waals surface area contributed by atoms with E-state index in [1.54, 1.807) is 6.92 Å². The highest BCUT2D eigenvalue weighted by Gasteiger charge is 2.30. The summed E-state index contributed by atoms with van der Waals surface area (Å²) >= 11 is 12.1. The molecule has 0 heterocycles. The number of halogens is 2. The number of hydrogen-bond donors (Lipinski definition) is 1. The number of carbonyl (C=O) groups is 2. The molecular weight excluding hydrogens is 485 g/mol. The van der Waals surface area contributed by atoms with Crippen molar-refractivity contribution in [2.45, 2.75) is 39.8 Å². The van der Waals surface area contributed by atoms with Crippen LogP contribution in [0.4, 0.5) is 5.69 Å². The summed E-state index contributed by atoms with van der Waals surface area (Å²) in [7, 11) is -3.85. The summed E-state index contributed by atoms with van der Waals surface area (Å²) in [6, 6.07) is 11.0. The zero-order valence-electron chi connectivity index (χ0n) is 19.1. The molecule has 0 saturated heterocycles. The van der Waals surface area contributed by atoms with Crippen LogP contribution < -0.4 is 9.62 Å². The van der Waals surface area contributed by atoms with E-state index >= 15 is 0 Å². The van der Waals surface area contributed by atoms with Gasteiger partial charge in [-0.25, -0.2) is 8.42 Å². The molecule has 0 aliphatic heterocycles. The summed E-state index contributed by atoms with van der Waals surface area (Å²) in [5.41, 5.74) is 1.98. The molecule has 0 spiro atoms. The molecule has 180 valence electrons. The lowest BCUT2D eigenvalue weighted by atomic mass is 10.1. The third-order valence-corrected chi connectivity index (χ3v) is 6.71. The van der Waals surface area contributed by atoms with Crippen LogP contribution in [0.3, 0.4) is 0 Å². The zero-order chi connectivity index (χ0) is 24.8. The molecule has 2 rings (SSSR count). The number of rotatable bonds is 10. The molecule has 0 radical (unpaired) electrons. The van der Waals surface area contributed by atoms with Gasteiger partial charge in [0.2, 0.25) is 21.8 Å². The van der Waals surface area contributed by atoms with Crippen molar-refractivity contribution in [3.05, 3.63) is 63.6 Å². The van der Waals surface area contributed by atoms with Crippen LogP contribution in [0.15, 0.2) is 42.5 Å². The molecule has 0 aromatic heterocycles. The SMILES string of the molecule is CCCNC(=O)[C@@H](C)N(Cc1ccccc1C)C(=O)CN(c1cc(Cl)cc(Cl)c1)S(C)(=O)=O. The smallest absolute Gasteiger partial charge is 0.244 e. The van der Waals surface area contributed by atoms with Crippen molar-refractivity contribution < 1.29 is 18.0 Å². The summed E-state index contributed by atoms with van der Waals surface area (Å²) in [6.07, 6.45) is 1.75. The summed E-state index contributed by atoms with van der Waals surface area (Å²) in [6.45, 7) is 5.60. The monoisotopic (exact) mass is 513 g/mol. The van der Waals surface area contributed by atoms with Gasteiger partial charge in [0.15, 0.2) is 0 Å². The van der Waals surface area contributed by atoms with Crippen LogP contribution in [-0.4, -0.2) is 50.5 Å². The van der Waals surface area contributed by atoms with Crippen LogP contribution in [0, 0.1) is 6.92 Å². The Morgan fingerprint density at radius 3 is 2.24 bits per heavy atom. The zero-order valence-corrected chi connectivity index (χ0v) is 21.5. The summed E-state index contributed by atoms with van der Waals surface area (Å²) < 4.78 is 26.1. The highest BCUT2D eigenvalue weighted by Crippen LogP contribution is 2.27. The first kappa shape index (κ1) is 27.0. The third-order valence-electron chi connectivity index (χ3n) is 5.13. The number of amides is 2. The van der Waals surface area contributed by atoms with Crippen molar-refractivity contribution in [3.8, 4) is 0 Å². The Hall–Kier alpha value is -2.29. The summed E-state index contributed by atoms with van der Waals surface area (Å²) in [5, 5.41) is 3.28. The van der Waals surface area contributed by atoms with Gasteiger partial charge in [-0.3, -0.25) is 13.9 Å². The topological polar surface area (TPSA) is 86.8 Å². The fourth-order valence-corrected chi connectivity index (χ4v) is 4.59. The van der Waals surface area contributed by atoms with Gasteiger partial charge in [0, 0.05) is 23.1 Å². The van der Waals surface area contributed by atoms with Crippen LogP contribution in [0.25, 0.3) is 0 Å². The van der Waals surface area contributed by atoms with E-state index in [1.807, 2.05) is 38.1 Å². The summed E-state index contributed by atoms with van der Waals surface area (Å²) in [4.78, 5) is 27.5. The number of anilines is 1. The first-order valence-corrected chi connectivity index (χ1v) is 13.1. The molecule has 0 aliphatic carbocycles. The van der Waals surface area contributed by atoms with Crippen LogP contribution in [0.2, 0.25) is 10.0 Å². The second kappa shape index (κ2) is 11.7. The molecule has 2 amide bonds. The molecule has 33 heavy (non-hydrogen) atoms. The number of nitrogens with zero attached hydrogens (tertiary/aromatic N) is 2. The van der Waals surface area contributed by atoms with E-state index in [4.69, 9.17) is 23.2 Å². The fourth-order valence-electron chi connectivity index (χ4n) is 3.25. The first-order valence-electron chi connectivity index (χ1n) is 10.5. The van der Waals surface area contributed by atoms with E-state index in [-0.39, 0.29) is 28.2 Å². The number of aryl methyl sites for hydroxylation is 1. The Balaban J connectivity index is 2.42. The highest BCUT2D eigenvalue weighted by molar-refractivity contribution is 7.92.